The molecule has 1 aliphatic carbocycles. The molecule has 0 spiro atoms. The van der Waals surface area contributed by atoms with E-state index in [0.29, 0.717) is 5.82 Å². The Morgan fingerprint density at radius 2 is 1.78 bits per heavy atom. The molecule has 1 aliphatic rings. The van der Waals surface area contributed by atoms with Gasteiger partial charge in [-0.2, -0.15) is 18.2 Å². The van der Waals surface area contributed by atoms with E-state index >= 15 is 0 Å². The highest BCUT2D eigenvalue weighted by Crippen LogP contribution is 2.36. The molecule has 2 aromatic rings. The SMILES string of the molecule is CN(Cc1ccccc1C(F)(F)F)c1cc(C2CC(N)C2)nc(N)n1.Cl.Cl. The molecule has 3 rings (SSSR count). The van der Waals surface area contributed by atoms with Gasteiger partial charge in [0.25, 0.3) is 0 Å². The number of rotatable bonds is 4. The summed E-state index contributed by atoms with van der Waals surface area (Å²) in [5.74, 6) is 0.846. The van der Waals surface area contributed by atoms with Crippen molar-refractivity contribution in [2.24, 2.45) is 5.73 Å². The second-order valence-corrected chi connectivity index (χ2v) is 6.45. The van der Waals surface area contributed by atoms with Crippen molar-refractivity contribution < 1.29 is 13.2 Å². The number of anilines is 2. The van der Waals surface area contributed by atoms with E-state index in [1.54, 1.807) is 24.1 Å². The summed E-state index contributed by atoms with van der Waals surface area (Å²) < 4.78 is 39.4. The fourth-order valence-electron chi connectivity index (χ4n) is 3.05. The Kier molecular flexibility index (Phi) is 7.71. The smallest absolute Gasteiger partial charge is 0.368 e. The minimum atomic E-state index is -4.39. The fraction of sp³-hybridized carbons (Fsp3) is 0.412. The van der Waals surface area contributed by atoms with Gasteiger partial charge in [-0.3, -0.25) is 0 Å². The molecule has 1 aromatic heterocycles. The summed E-state index contributed by atoms with van der Waals surface area (Å²) in [6, 6.07) is 7.47. The molecular formula is C17H22Cl2F3N5. The maximum Gasteiger partial charge on any atom is 0.416 e. The first-order valence-electron chi connectivity index (χ1n) is 8.00. The number of nitrogens with zero attached hydrogens (tertiary/aromatic N) is 3. The molecule has 0 aliphatic heterocycles. The van der Waals surface area contributed by atoms with Crippen LogP contribution in [0.15, 0.2) is 30.3 Å². The van der Waals surface area contributed by atoms with Crippen LogP contribution in [0, 0.1) is 0 Å². The largest absolute Gasteiger partial charge is 0.416 e. The molecule has 0 radical (unpaired) electrons. The van der Waals surface area contributed by atoms with Crippen LogP contribution in [0.2, 0.25) is 0 Å². The van der Waals surface area contributed by atoms with Crippen LogP contribution in [-0.4, -0.2) is 23.1 Å². The Balaban J connectivity index is 0.00000182. The minimum Gasteiger partial charge on any atom is -0.368 e. The molecule has 0 unspecified atom stereocenters. The van der Waals surface area contributed by atoms with E-state index in [4.69, 9.17) is 11.5 Å². The minimum absolute atomic E-state index is 0. The maximum absolute atomic E-state index is 13.1. The zero-order valence-electron chi connectivity index (χ0n) is 14.6. The molecule has 1 saturated carbocycles. The lowest BCUT2D eigenvalue weighted by Gasteiger charge is -2.32. The number of hydrogen-bond donors (Lipinski definition) is 2. The van der Waals surface area contributed by atoms with E-state index in [2.05, 4.69) is 9.97 Å². The van der Waals surface area contributed by atoms with Gasteiger partial charge in [0, 0.05) is 31.6 Å². The van der Waals surface area contributed by atoms with Crippen molar-refractivity contribution >= 4 is 36.6 Å². The zero-order valence-corrected chi connectivity index (χ0v) is 16.2. The van der Waals surface area contributed by atoms with Crippen molar-refractivity contribution in [1.82, 2.24) is 9.97 Å². The van der Waals surface area contributed by atoms with Crippen LogP contribution in [0.1, 0.15) is 35.6 Å². The third kappa shape index (κ3) is 5.37. The van der Waals surface area contributed by atoms with Gasteiger partial charge in [-0.05, 0) is 24.5 Å². The third-order valence-electron chi connectivity index (χ3n) is 4.46. The van der Waals surface area contributed by atoms with E-state index < -0.39 is 11.7 Å². The van der Waals surface area contributed by atoms with Crippen LogP contribution in [0.5, 0.6) is 0 Å². The number of halogens is 5. The average molecular weight is 424 g/mol. The van der Waals surface area contributed by atoms with Crippen molar-refractivity contribution in [3.05, 3.63) is 47.2 Å². The Morgan fingerprint density at radius 3 is 2.37 bits per heavy atom. The highest BCUT2D eigenvalue weighted by atomic mass is 35.5. The quantitative estimate of drug-likeness (QED) is 0.781. The van der Waals surface area contributed by atoms with Gasteiger partial charge in [0.2, 0.25) is 5.95 Å². The monoisotopic (exact) mass is 423 g/mol. The summed E-state index contributed by atoms with van der Waals surface area (Å²) in [5, 5.41) is 0. The van der Waals surface area contributed by atoms with Gasteiger partial charge in [0.15, 0.2) is 0 Å². The first-order chi connectivity index (χ1) is 11.7. The third-order valence-corrected chi connectivity index (χ3v) is 4.46. The summed E-state index contributed by atoms with van der Waals surface area (Å²) in [6.45, 7) is 0.0652. The lowest BCUT2D eigenvalue weighted by molar-refractivity contribution is -0.138. The molecule has 27 heavy (non-hydrogen) atoms. The van der Waals surface area contributed by atoms with Crippen LogP contribution in [0.4, 0.5) is 24.9 Å². The molecule has 1 heterocycles. The summed E-state index contributed by atoms with van der Waals surface area (Å²) >= 11 is 0. The Bertz CT molecular complexity index is 766. The van der Waals surface area contributed by atoms with Gasteiger partial charge in [-0.15, -0.1) is 24.8 Å². The second kappa shape index (κ2) is 8.95. The number of aromatic nitrogens is 2. The van der Waals surface area contributed by atoms with E-state index in [1.807, 2.05) is 0 Å². The lowest BCUT2D eigenvalue weighted by Crippen LogP contribution is -2.35. The molecular weight excluding hydrogens is 402 g/mol. The molecule has 0 amide bonds. The highest BCUT2D eigenvalue weighted by molar-refractivity contribution is 5.85. The van der Waals surface area contributed by atoms with Crippen molar-refractivity contribution in [2.45, 2.75) is 37.5 Å². The fourth-order valence-corrected chi connectivity index (χ4v) is 3.05. The predicted octanol–water partition coefficient (Wildman–Crippen LogP) is 3.76. The number of nitrogen functional groups attached to an aromatic ring is 1. The van der Waals surface area contributed by atoms with Crippen LogP contribution in [-0.2, 0) is 12.7 Å². The molecule has 0 bridgehead atoms. The maximum atomic E-state index is 13.1. The highest BCUT2D eigenvalue weighted by Gasteiger charge is 2.33. The normalized spacial score (nSPS) is 18.7. The van der Waals surface area contributed by atoms with Crippen molar-refractivity contribution in [3.63, 3.8) is 0 Å². The molecule has 4 N–H and O–H groups in total. The van der Waals surface area contributed by atoms with E-state index in [0.717, 1.165) is 24.6 Å². The molecule has 5 nitrogen and oxygen atoms in total. The lowest BCUT2D eigenvalue weighted by atomic mass is 9.78. The van der Waals surface area contributed by atoms with Gasteiger partial charge in [0.05, 0.1) is 11.3 Å². The molecule has 1 fully saturated rings. The van der Waals surface area contributed by atoms with E-state index in [9.17, 15) is 13.2 Å². The summed E-state index contributed by atoms with van der Waals surface area (Å²) in [4.78, 5) is 10.0. The van der Waals surface area contributed by atoms with E-state index in [1.165, 1.54) is 12.1 Å². The van der Waals surface area contributed by atoms with Crippen LogP contribution < -0.4 is 16.4 Å². The molecule has 0 atom stereocenters. The predicted molar refractivity (Wildman–Crippen MR) is 104 cm³/mol. The van der Waals surface area contributed by atoms with E-state index in [-0.39, 0.29) is 54.8 Å². The van der Waals surface area contributed by atoms with Crippen LogP contribution >= 0.6 is 24.8 Å². The molecule has 1 aromatic carbocycles. The molecule has 10 heteroatoms. The summed E-state index contributed by atoms with van der Waals surface area (Å²) in [6.07, 6.45) is -2.73. The molecule has 0 saturated heterocycles. The first kappa shape index (κ1) is 23.3. The second-order valence-electron chi connectivity index (χ2n) is 6.45. The summed E-state index contributed by atoms with van der Waals surface area (Å²) in [7, 11) is 1.69. The van der Waals surface area contributed by atoms with Gasteiger partial charge >= 0.3 is 6.18 Å². The van der Waals surface area contributed by atoms with Crippen LogP contribution in [0.25, 0.3) is 0 Å². The van der Waals surface area contributed by atoms with Crippen LogP contribution in [0.3, 0.4) is 0 Å². The Labute approximate surface area is 168 Å². The molecule has 150 valence electrons. The van der Waals surface area contributed by atoms with Crippen molar-refractivity contribution in [2.75, 3.05) is 17.7 Å². The van der Waals surface area contributed by atoms with Gasteiger partial charge < -0.3 is 16.4 Å². The number of benzene rings is 1. The zero-order chi connectivity index (χ0) is 18.2. The van der Waals surface area contributed by atoms with Gasteiger partial charge in [-0.25, -0.2) is 4.98 Å². The number of hydrogen-bond acceptors (Lipinski definition) is 5. The Morgan fingerprint density at radius 1 is 1.15 bits per heavy atom. The number of nitrogens with two attached hydrogens (primary N) is 2. The summed E-state index contributed by atoms with van der Waals surface area (Å²) in [5.41, 5.74) is 11.9. The standard InChI is InChI=1S/C17H20F3N5.2ClH/c1-25(9-10-4-2-3-5-13(10)17(18,19)20)15-8-14(23-16(22)24-15)11-6-12(21)7-11;;/h2-5,8,11-12H,6-7,9,21H2,1H3,(H2,22,23,24);2*1H. The topological polar surface area (TPSA) is 81.1 Å². The average Bonchev–Trinajstić information content (AvgIpc) is 2.50. The van der Waals surface area contributed by atoms with Crippen molar-refractivity contribution in [1.29, 1.82) is 0 Å². The van der Waals surface area contributed by atoms with Crippen molar-refractivity contribution in [3.8, 4) is 0 Å². The van der Waals surface area contributed by atoms with Gasteiger partial charge in [-0.1, -0.05) is 18.2 Å². The van der Waals surface area contributed by atoms with Gasteiger partial charge in [0.1, 0.15) is 5.82 Å². The number of alkyl halides is 3. The Hall–Kier alpha value is -1.77. The first-order valence-corrected chi connectivity index (χ1v) is 8.00.